The average molecular weight is 412 g/mol. The molecule has 2 fully saturated rings. The lowest BCUT2D eigenvalue weighted by atomic mass is 9.98. The van der Waals surface area contributed by atoms with E-state index < -0.39 is 17.4 Å². The molecule has 0 aromatic heterocycles. The van der Waals surface area contributed by atoms with Crippen LogP contribution in [-0.2, 0) is 16.1 Å². The Bertz CT molecular complexity index is 719. The Kier molecular flexibility index (Phi) is 5.08. The Morgan fingerprint density at radius 2 is 2.04 bits per heavy atom. The second-order valence-corrected chi connectivity index (χ2v) is 7.35. The van der Waals surface area contributed by atoms with Crippen LogP contribution in [0, 0.1) is 5.82 Å². The number of benzene rings is 1. The number of rotatable bonds is 5. The predicted molar refractivity (Wildman–Crippen MR) is 92.0 cm³/mol. The van der Waals surface area contributed by atoms with Gasteiger partial charge in [0.2, 0.25) is 5.91 Å². The largest absolute Gasteiger partial charge is 0.352 e. The van der Waals surface area contributed by atoms with Crippen molar-refractivity contribution in [1.82, 2.24) is 15.5 Å². The van der Waals surface area contributed by atoms with E-state index in [-0.39, 0.29) is 31.3 Å². The zero-order valence-corrected chi connectivity index (χ0v) is 15.2. The molecule has 134 valence electrons. The van der Waals surface area contributed by atoms with Crippen molar-refractivity contribution in [3.05, 3.63) is 34.1 Å². The highest BCUT2D eigenvalue weighted by Crippen LogP contribution is 2.35. The molecule has 6 nitrogen and oxygen atoms in total. The first-order valence-electron chi connectivity index (χ1n) is 8.26. The van der Waals surface area contributed by atoms with Crippen molar-refractivity contribution in [2.24, 2.45) is 0 Å². The summed E-state index contributed by atoms with van der Waals surface area (Å²) in [7, 11) is 0. The first-order chi connectivity index (χ1) is 11.9. The van der Waals surface area contributed by atoms with Crippen LogP contribution < -0.4 is 10.6 Å². The summed E-state index contributed by atoms with van der Waals surface area (Å²) in [6, 6.07) is 4.06. The van der Waals surface area contributed by atoms with Crippen molar-refractivity contribution in [1.29, 1.82) is 0 Å². The van der Waals surface area contributed by atoms with Gasteiger partial charge in [0.05, 0.1) is 0 Å². The quantitative estimate of drug-likeness (QED) is 0.730. The number of hydrogen-bond donors (Lipinski definition) is 2. The summed E-state index contributed by atoms with van der Waals surface area (Å²) in [5.74, 6) is -0.978. The van der Waals surface area contributed by atoms with Crippen molar-refractivity contribution in [3.63, 3.8) is 0 Å². The Labute approximate surface area is 153 Å². The van der Waals surface area contributed by atoms with Crippen LogP contribution in [0.15, 0.2) is 22.7 Å². The van der Waals surface area contributed by atoms with Crippen molar-refractivity contribution in [3.8, 4) is 0 Å². The fourth-order valence-electron chi connectivity index (χ4n) is 3.37. The third-order valence-corrected chi connectivity index (χ3v) is 5.24. The van der Waals surface area contributed by atoms with Crippen LogP contribution in [-0.4, -0.2) is 34.8 Å². The molecule has 2 aliphatic rings. The van der Waals surface area contributed by atoms with E-state index in [0.717, 1.165) is 22.2 Å². The molecule has 8 heteroatoms. The molecule has 1 aliphatic carbocycles. The summed E-state index contributed by atoms with van der Waals surface area (Å²) in [5.41, 5.74) is -0.393. The van der Waals surface area contributed by atoms with Gasteiger partial charge in [0.15, 0.2) is 0 Å². The summed E-state index contributed by atoms with van der Waals surface area (Å²) in [6.07, 6.45) is 3.13. The van der Waals surface area contributed by atoms with Gasteiger partial charge in [-0.05, 0) is 31.0 Å². The minimum absolute atomic E-state index is 0.00907. The molecule has 4 amide bonds. The van der Waals surface area contributed by atoms with E-state index in [1.54, 1.807) is 12.1 Å². The maximum absolute atomic E-state index is 13.6. The van der Waals surface area contributed by atoms with Gasteiger partial charge >= 0.3 is 6.03 Å². The summed E-state index contributed by atoms with van der Waals surface area (Å²) < 4.78 is 14.4. The number of hydrogen-bond acceptors (Lipinski definition) is 3. The molecular formula is C17H19BrFN3O3. The van der Waals surface area contributed by atoms with Crippen LogP contribution in [0.5, 0.6) is 0 Å². The van der Waals surface area contributed by atoms with Crippen LogP contribution in [0.25, 0.3) is 0 Å². The van der Waals surface area contributed by atoms with Crippen LogP contribution in [0.3, 0.4) is 0 Å². The number of urea groups is 1. The van der Waals surface area contributed by atoms with E-state index in [0.29, 0.717) is 18.4 Å². The lowest BCUT2D eigenvalue weighted by Crippen LogP contribution is -2.44. The summed E-state index contributed by atoms with van der Waals surface area (Å²) in [5, 5.41) is 5.39. The summed E-state index contributed by atoms with van der Waals surface area (Å²) in [4.78, 5) is 37.6. The zero-order valence-electron chi connectivity index (χ0n) is 13.6. The Morgan fingerprint density at radius 3 is 2.76 bits per heavy atom. The topological polar surface area (TPSA) is 78.5 Å². The number of carbonyl (C=O) groups is 3. The lowest BCUT2D eigenvalue weighted by Gasteiger charge is -2.19. The molecule has 1 saturated carbocycles. The molecule has 2 N–H and O–H groups in total. The zero-order chi connectivity index (χ0) is 18.0. The summed E-state index contributed by atoms with van der Waals surface area (Å²) in [6.45, 7) is 0.0768. The van der Waals surface area contributed by atoms with Crippen molar-refractivity contribution in [2.75, 3.05) is 6.54 Å². The molecule has 0 unspecified atom stereocenters. The van der Waals surface area contributed by atoms with Gasteiger partial charge in [0.1, 0.15) is 11.4 Å². The van der Waals surface area contributed by atoms with Gasteiger partial charge in [-0.1, -0.05) is 28.8 Å². The third-order valence-electron chi connectivity index (χ3n) is 4.75. The number of carbonyl (C=O) groups excluding carboxylic acids is 3. The maximum Gasteiger partial charge on any atom is 0.325 e. The van der Waals surface area contributed by atoms with E-state index in [1.165, 1.54) is 6.07 Å². The number of imide groups is 1. The first kappa shape index (κ1) is 17.8. The molecule has 25 heavy (non-hydrogen) atoms. The molecule has 1 heterocycles. The van der Waals surface area contributed by atoms with Gasteiger partial charge in [0.25, 0.3) is 5.91 Å². The van der Waals surface area contributed by atoms with Crippen LogP contribution in [0.1, 0.15) is 37.7 Å². The Morgan fingerprint density at radius 1 is 1.32 bits per heavy atom. The van der Waals surface area contributed by atoms with Crippen LogP contribution in [0.4, 0.5) is 9.18 Å². The number of halogens is 2. The highest BCUT2D eigenvalue weighted by atomic mass is 79.9. The lowest BCUT2D eigenvalue weighted by molar-refractivity contribution is -0.131. The van der Waals surface area contributed by atoms with E-state index >= 15 is 0 Å². The highest BCUT2D eigenvalue weighted by molar-refractivity contribution is 9.10. The second kappa shape index (κ2) is 7.11. The fourth-order valence-corrected chi connectivity index (χ4v) is 3.78. The van der Waals surface area contributed by atoms with E-state index in [9.17, 15) is 18.8 Å². The third kappa shape index (κ3) is 3.68. The molecule has 1 spiro atoms. The van der Waals surface area contributed by atoms with Gasteiger partial charge in [-0.2, -0.15) is 0 Å². The minimum atomic E-state index is -0.757. The number of nitrogens with one attached hydrogen (secondary N) is 2. The SMILES string of the molecule is O=C(CCN1C(=O)NC2(CCCC2)C1=O)NCc1cc(Br)ccc1F. The van der Waals surface area contributed by atoms with Crippen molar-refractivity contribution >= 4 is 33.8 Å². The first-order valence-corrected chi connectivity index (χ1v) is 9.05. The van der Waals surface area contributed by atoms with Crippen molar-refractivity contribution < 1.29 is 18.8 Å². The Balaban J connectivity index is 1.51. The molecule has 0 atom stereocenters. The predicted octanol–water partition coefficient (Wildman–Crippen LogP) is 2.46. The number of amides is 4. The van der Waals surface area contributed by atoms with Gasteiger partial charge in [0, 0.05) is 29.5 Å². The fraction of sp³-hybridized carbons (Fsp3) is 0.471. The van der Waals surface area contributed by atoms with Crippen molar-refractivity contribution in [2.45, 2.75) is 44.2 Å². The molecule has 1 saturated heterocycles. The second-order valence-electron chi connectivity index (χ2n) is 6.44. The molecule has 1 aromatic carbocycles. The van der Waals surface area contributed by atoms with Gasteiger partial charge < -0.3 is 10.6 Å². The monoisotopic (exact) mass is 411 g/mol. The number of nitrogens with zero attached hydrogens (tertiary/aromatic N) is 1. The highest BCUT2D eigenvalue weighted by Gasteiger charge is 2.52. The molecule has 0 bridgehead atoms. The van der Waals surface area contributed by atoms with Gasteiger partial charge in [-0.3, -0.25) is 14.5 Å². The maximum atomic E-state index is 13.6. The van der Waals surface area contributed by atoms with Crippen LogP contribution >= 0.6 is 15.9 Å². The van der Waals surface area contributed by atoms with E-state index in [1.807, 2.05) is 0 Å². The average Bonchev–Trinajstić information content (AvgIpc) is 3.13. The Hall–Kier alpha value is -1.96. The molecule has 0 radical (unpaired) electrons. The molecule has 3 rings (SSSR count). The minimum Gasteiger partial charge on any atom is -0.352 e. The van der Waals surface area contributed by atoms with Crippen LogP contribution in [0.2, 0.25) is 0 Å². The normalized spacial score (nSPS) is 18.7. The molecule has 1 aromatic rings. The molecule has 1 aliphatic heterocycles. The van der Waals surface area contributed by atoms with Gasteiger partial charge in [-0.15, -0.1) is 0 Å². The standard InChI is InChI=1S/C17H19BrFN3O3/c18-12-3-4-13(19)11(9-12)10-20-14(23)5-8-22-15(24)17(21-16(22)25)6-1-2-7-17/h3-4,9H,1-2,5-8,10H2,(H,20,23)(H,21,25). The molecular weight excluding hydrogens is 393 g/mol. The van der Waals surface area contributed by atoms with E-state index in [4.69, 9.17) is 0 Å². The van der Waals surface area contributed by atoms with Gasteiger partial charge in [-0.25, -0.2) is 9.18 Å². The summed E-state index contributed by atoms with van der Waals surface area (Å²) >= 11 is 3.25. The van der Waals surface area contributed by atoms with E-state index in [2.05, 4.69) is 26.6 Å². The smallest absolute Gasteiger partial charge is 0.325 e.